The van der Waals surface area contributed by atoms with E-state index in [2.05, 4.69) is 16.9 Å². The van der Waals surface area contributed by atoms with Crippen LogP contribution in [-0.4, -0.2) is 22.9 Å². The molecule has 1 aromatic heterocycles. The largest absolute Gasteiger partial charge is 0.492 e. The lowest BCUT2D eigenvalue weighted by molar-refractivity contribution is 0.290. The molecule has 0 spiro atoms. The molecule has 20 heavy (non-hydrogen) atoms. The van der Waals surface area contributed by atoms with E-state index in [1.807, 2.05) is 35.9 Å². The van der Waals surface area contributed by atoms with Gasteiger partial charge in [0.25, 0.3) is 0 Å². The monoisotopic (exact) mass is 289 g/mol. The maximum Gasteiger partial charge on any atom is 0.119 e. The average Bonchev–Trinajstić information content (AvgIpc) is 2.78. The molecule has 0 fully saturated rings. The van der Waals surface area contributed by atoms with E-state index in [4.69, 9.17) is 22.1 Å². The van der Waals surface area contributed by atoms with Gasteiger partial charge in [-0.15, -0.1) is 0 Å². The smallest absolute Gasteiger partial charge is 0.119 e. The molecule has 0 aliphatic heterocycles. The minimum Gasteiger partial charge on any atom is -0.492 e. The van der Waals surface area contributed by atoms with E-state index >= 15 is 0 Å². The molecule has 0 radical (unpaired) electrons. The van der Waals surface area contributed by atoms with Crippen molar-refractivity contribution >= 4 is 11.6 Å². The van der Waals surface area contributed by atoms with E-state index in [-0.39, 0.29) is 0 Å². The molecule has 0 saturated carbocycles. The highest BCUT2D eigenvalue weighted by molar-refractivity contribution is 6.31. The molecule has 1 heterocycles. The molecular weight excluding hydrogens is 274 g/mol. The van der Waals surface area contributed by atoms with Crippen molar-refractivity contribution in [2.24, 2.45) is 5.73 Å². The zero-order chi connectivity index (χ0) is 14.4. The highest BCUT2D eigenvalue weighted by atomic mass is 35.5. The molecule has 1 aromatic carbocycles. The number of aromatic nitrogens is 2. The fourth-order valence-electron chi connectivity index (χ4n) is 1.69. The standard InChI is InChI=1S/C15H16ClN3O/c1-12-15(16)11-18-19(12)9-10-20-14-6-4-13(5-7-14)3-2-8-17/h4-7,11H,8-10,17H2,1H3. The lowest BCUT2D eigenvalue weighted by Crippen LogP contribution is -2.10. The van der Waals surface area contributed by atoms with Crippen molar-refractivity contribution in [3.8, 4) is 17.6 Å². The first kappa shape index (κ1) is 14.4. The molecule has 2 N–H and O–H groups in total. The third kappa shape index (κ3) is 3.77. The Kier molecular flexibility index (Phi) is 5.05. The van der Waals surface area contributed by atoms with Crippen LogP contribution in [0.15, 0.2) is 30.5 Å². The van der Waals surface area contributed by atoms with Crippen molar-refractivity contribution in [1.82, 2.24) is 9.78 Å². The van der Waals surface area contributed by atoms with Gasteiger partial charge in [-0.2, -0.15) is 5.10 Å². The molecule has 0 bridgehead atoms. The van der Waals surface area contributed by atoms with Gasteiger partial charge in [0.05, 0.1) is 30.0 Å². The van der Waals surface area contributed by atoms with Crippen molar-refractivity contribution in [2.75, 3.05) is 13.2 Å². The van der Waals surface area contributed by atoms with Crippen LogP contribution in [0.2, 0.25) is 5.02 Å². The van der Waals surface area contributed by atoms with E-state index in [1.165, 1.54) is 0 Å². The Morgan fingerprint density at radius 3 is 2.70 bits per heavy atom. The molecule has 0 saturated heterocycles. The first-order valence-electron chi connectivity index (χ1n) is 6.30. The van der Waals surface area contributed by atoms with Crippen LogP contribution in [0, 0.1) is 18.8 Å². The van der Waals surface area contributed by atoms with Crippen LogP contribution in [-0.2, 0) is 6.54 Å². The second-order valence-corrected chi connectivity index (χ2v) is 4.59. The Hall–Kier alpha value is -1.96. The van der Waals surface area contributed by atoms with Crippen molar-refractivity contribution in [3.63, 3.8) is 0 Å². The summed E-state index contributed by atoms with van der Waals surface area (Å²) in [5.41, 5.74) is 7.20. The molecule has 104 valence electrons. The predicted molar refractivity (Wildman–Crippen MR) is 79.8 cm³/mol. The van der Waals surface area contributed by atoms with Crippen molar-refractivity contribution < 1.29 is 4.74 Å². The maximum atomic E-state index is 5.94. The number of halogens is 1. The summed E-state index contributed by atoms with van der Waals surface area (Å²) < 4.78 is 7.48. The van der Waals surface area contributed by atoms with Crippen LogP contribution in [0.3, 0.4) is 0 Å². The van der Waals surface area contributed by atoms with Gasteiger partial charge in [-0.05, 0) is 31.2 Å². The van der Waals surface area contributed by atoms with Crippen LogP contribution in [0.4, 0.5) is 0 Å². The van der Waals surface area contributed by atoms with Gasteiger partial charge < -0.3 is 10.5 Å². The molecule has 0 unspecified atom stereocenters. The van der Waals surface area contributed by atoms with E-state index in [9.17, 15) is 0 Å². The van der Waals surface area contributed by atoms with Gasteiger partial charge in [0.15, 0.2) is 0 Å². The lowest BCUT2D eigenvalue weighted by Gasteiger charge is -2.07. The Balaban J connectivity index is 1.86. The summed E-state index contributed by atoms with van der Waals surface area (Å²) >= 11 is 5.94. The van der Waals surface area contributed by atoms with E-state index in [0.29, 0.717) is 24.7 Å². The van der Waals surface area contributed by atoms with Gasteiger partial charge in [0.2, 0.25) is 0 Å². The fourth-order valence-corrected chi connectivity index (χ4v) is 1.83. The van der Waals surface area contributed by atoms with Crippen molar-refractivity contribution in [3.05, 3.63) is 46.7 Å². The first-order valence-corrected chi connectivity index (χ1v) is 6.68. The second kappa shape index (κ2) is 6.99. The molecule has 2 aromatic rings. The molecule has 0 aliphatic rings. The van der Waals surface area contributed by atoms with Gasteiger partial charge in [-0.3, -0.25) is 4.68 Å². The number of hydrogen-bond acceptors (Lipinski definition) is 3. The van der Waals surface area contributed by atoms with Gasteiger partial charge in [0, 0.05) is 5.56 Å². The highest BCUT2D eigenvalue weighted by Gasteiger charge is 2.03. The molecule has 0 amide bonds. The normalized spacial score (nSPS) is 9.95. The molecule has 5 heteroatoms. The minimum absolute atomic E-state index is 0.365. The van der Waals surface area contributed by atoms with Gasteiger partial charge in [-0.1, -0.05) is 23.4 Å². The summed E-state index contributed by atoms with van der Waals surface area (Å²) in [4.78, 5) is 0. The summed E-state index contributed by atoms with van der Waals surface area (Å²) in [7, 11) is 0. The van der Waals surface area contributed by atoms with Crippen LogP contribution in [0.5, 0.6) is 5.75 Å². The topological polar surface area (TPSA) is 53.1 Å². The van der Waals surface area contributed by atoms with Gasteiger partial charge in [-0.25, -0.2) is 0 Å². The highest BCUT2D eigenvalue weighted by Crippen LogP contribution is 2.14. The number of rotatable bonds is 4. The fraction of sp³-hybridized carbons (Fsp3) is 0.267. The molecule has 2 rings (SSSR count). The van der Waals surface area contributed by atoms with E-state index in [1.54, 1.807) is 6.20 Å². The summed E-state index contributed by atoms with van der Waals surface area (Å²) in [6, 6.07) is 7.61. The minimum atomic E-state index is 0.365. The van der Waals surface area contributed by atoms with Crippen LogP contribution < -0.4 is 10.5 Å². The summed E-state index contributed by atoms with van der Waals surface area (Å²) in [5, 5.41) is 4.84. The third-order valence-corrected chi connectivity index (χ3v) is 3.18. The van der Waals surface area contributed by atoms with Crippen LogP contribution in [0.25, 0.3) is 0 Å². The molecule has 0 atom stereocenters. The van der Waals surface area contributed by atoms with Crippen LogP contribution in [0.1, 0.15) is 11.3 Å². The Morgan fingerprint density at radius 1 is 1.35 bits per heavy atom. The average molecular weight is 290 g/mol. The van der Waals surface area contributed by atoms with Gasteiger partial charge in [0.1, 0.15) is 12.4 Å². The predicted octanol–water partition coefficient (Wildman–Crippen LogP) is 2.23. The summed E-state index contributed by atoms with van der Waals surface area (Å²) in [6.45, 7) is 3.49. The molecule has 0 aliphatic carbocycles. The second-order valence-electron chi connectivity index (χ2n) is 4.18. The molecule has 4 nitrogen and oxygen atoms in total. The van der Waals surface area contributed by atoms with E-state index in [0.717, 1.165) is 17.0 Å². The van der Waals surface area contributed by atoms with Crippen LogP contribution >= 0.6 is 11.6 Å². The Labute approximate surface area is 123 Å². The quantitative estimate of drug-likeness (QED) is 0.878. The zero-order valence-electron chi connectivity index (χ0n) is 11.3. The lowest BCUT2D eigenvalue weighted by atomic mass is 10.2. The zero-order valence-corrected chi connectivity index (χ0v) is 12.0. The molecular formula is C15H16ClN3O. The first-order chi connectivity index (χ1) is 9.70. The number of ether oxygens (including phenoxy) is 1. The summed E-state index contributed by atoms with van der Waals surface area (Å²) in [6.07, 6.45) is 1.64. The van der Waals surface area contributed by atoms with E-state index < -0.39 is 0 Å². The number of nitrogens with zero attached hydrogens (tertiary/aromatic N) is 2. The third-order valence-electron chi connectivity index (χ3n) is 2.80. The van der Waals surface area contributed by atoms with Gasteiger partial charge >= 0.3 is 0 Å². The summed E-state index contributed by atoms with van der Waals surface area (Å²) in [5.74, 6) is 6.58. The number of hydrogen-bond donors (Lipinski definition) is 1. The van der Waals surface area contributed by atoms with Crippen molar-refractivity contribution in [1.29, 1.82) is 0 Å². The SMILES string of the molecule is Cc1c(Cl)cnn1CCOc1ccc(C#CCN)cc1. The maximum absolute atomic E-state index is 5.94. The Bertz CT molecular complexity index is 623. The Morgan fingerprint density at radius 2 is 2.10 bits per heavy atom. The van der Waals surface area contributed by atoms with Crippen molar-refractivity contribution in [2.45, 2.75) is 13.5 Å². The number of nitrogens with two attached hydrogens (primary N) is 1. The number of benzene rings is 1.